The van der Waals surface area contributed by atoms with Crippen molar-refractivity contribution in [3.05, 3.63) is 47.4 Å². The minimum absolute atomic E-state index is 0.0363. The third-order valence-electron chi connectivity index (χ3n) is 5.03. The molecule has 7 heteroatoms. The van der Waals surface area contributed by atoms with E-state index in [1.807, 2.05) is 13.0 Å². The van der Waals surface area contributed by atoms with Crippen molar-refractivity contribution in [2.45, 2.75) is 37.0 Å². The van der Waals surface area contributed by atoms with E-state index in [-0.39, 0.29) is 17.3 Å². The maximum atomic E-state index is 13.6. The molecule has 0 atom stereocenters. The van der Waals surface area contributed by atoms with Gasteiger partial charge in [-0.15, -0.1) is 0 Å². The number of benzene rings is 1. The smallest absolute Gasteiger partial charge is 0.234 e. The first-order valence-corrected chi connectivity index (χ1v) is 9.46. The van der Waals surface area contributed by atoms with E-state index in [1.165, 1.54) is 12.1 Å². The number of nitrogens with zero attached hydrogens (tertiary/aromatic N) is 2. The van der Waals surface area contributed by atoms with E-state index in [2.05, 4.69) is 10.1 Å². The van der Waals surface area contributed by atoms with Crippen LogP contribution in [0.4, 0.5) is 4.39 Å². The fourth-order valence-electron chi connectivity index (χ4n) is 3.67. The lowest BCUT2D eigenvalue weighted by Crippen LogP contribution is -2.50. The predicted molar refractivity (Wildman–Crippen MR) is 81.3 cm³/mol. The van der Waals surface area contributed by atoms with Gasteiger partial charge < -0.3 is 4.52 Å². The summed E-state index contributed by atoms with van der Waals surface area (Å²) in [5.74, 6) is 0.692. The summed E-state index contributed by atoms with van der Waals surface area (Å²) in [5, 5.41) is 4.11. The molecule has 4 rings (SSSR count). The Kier molecular flexibility index (Phi) is 2.98. The minimum atomic E-state index is -2.99. The molecule has 23 heavy (non-hydrogen) atoms. The molecule has 2 fully saturated rings. The molecular formula is C16H17FN2O3S. The Morgan fingerprint density at radius 2 is 2.00 bits per heavy atom. The average molecular weight is 336 g/mol. The largest absolute Gasteiger partial charge is 0.339 e. The van der Waals surface area contributed by atoms with E-state index in [4.69, 9.17) is 4.52 Å². The highest BCUT2D eigenvalue weighted by Crippen LogP contribution is 2.48. The van der Waals surface area contributed by atoms with Crippen LogP contribution in [0.2, 0.25) is 0 Å². The third-order valence-corrected chi connectivity index (χ3v) is 7.19. The number of aromatic nitrogens is 2. The van der Waals surface area contributed by atoms with Crippen LogP contribution in [0.5, 0.6) is 0 Å². The van der Waals surface area contributed by atoms with Gasteiger partial charge in [-0.05, 0) is 37.5 Å². The quantitative estimate of drug-likeness (QED) is 0.860. The molecule has 0 bridgehead atoms. The summed E-state index contributed by atoms with van der Waals surface area (Å²) in [7, 11) is -2.99. The Bertz CT molecular complexity index is 859. The summed E-state index contributed by atoms with van der Waals surface area (Å²) < 4.78 is 41.9. The van der Waals surface area contributed by atoms with Crippen LogP contribution in [-0.4, -0.2) is 30.1 Å². The van der Waals surface area contributed by atoms with E-state index in [9.17, 15) is 12.8 Å². The van der Waals surface area contributed by atoms with Crippen molar-refractivity contribution in [1.29, 1.82) is 0 Å². The molecule has 1 aliphatic heterocycles. The van der Waals surface area contributed by atoms with Crippen LogP contribution in [0.25, 0.3) is 0 Å². The predicted octanol–water partition coefficient (Wildman–Crippen LogP) is 2.36. The molecule has 1 aromatic heterocycles. The van der Waals surface area contributed by atoms with Gasteiger partial charge in [-0.3, -0.25) is 0 Å². The van der Waals surface area contributed by atoms with Crippen molar-refractivity contribution < 1.29 is 17.3 Å². The molecule has 1 saturated carbocycles. The van der Waals surface area contributed by atoms with Gasteiger partial charge in [-0.2, -0.15) is 4.98 Å². The highest BCUT2D eigenvalue weighted by atomic mass is 32.2. The zero-order chi connectivity index (χ0) is 16.3. The molecule has 2 aromatic rings. The van der Waals surface area contributed by atoms with Crippen molar-refractivity contribution in [1.82, 2.24) is 10.1 Å². The van der Waals surface area contributed by atoms with Crippen molar-refractivity contribution in [3.8, 4) is 0 Å². The molecule has 0 N–H and O–H groups in total. The monoisotopic (exact) mass is 336 g/mol. The molecule has 1 aliphatic carbocycles. The van der Waals surface area contributed by atoms with E-state index >= 15 is 0 Å². The van der Waals surface area contributed by atoms with Crippen LogP contribution in [0.1, 0.15) is 43.5 Å². The Morgan fingerprint density at radius 3 is 2.57 bits per heavy atom. The zero-order valence-corrected chi connectivity index (χ0v) is 13.6. The third kappa shape index (κ3) is 2.21. The first kappa shape index (κ1) is 14.8. The summed E-state index contributed by atoms with van der Waals surface area (Å²) in [5.41, 5.74) is -0.165. The fourth-order valence-corrected chi connectivity index (χ4v) is 5.78. The minimum Gasteiger partial charge on any atom is -0.339 e. The molecule has 1 aromatic carbocycles. The highest BCUT2D eigenvalue weighted by molar-refractivity contribution is 7.93. The lowest BCUT2D eigenvalue weighted by Gasteiger charge is -2.39. The topological polar surface area (TPSA) is 73.1 Å². The second-order valence-electron chi connectivity index (χ2n) is 6.96. The van der Waals surface area contributed by atoms with Crippen molar-refractivity contribution in [2.24, 2.45) is 0 Å². The van der Waals surface area contributed by atoms with Crippen LogP contribution in [0, 0.1) is 5.82 Å². The molecule has 0 unspecified atom stereocenters. The highest BCUT2D eigenvalue weighted by Gasteiger charge is 2.52. The summed E-state index contributed by atoms with van der Waals surface area (Å²) >= 11 is 0. The number of sulfone groups is 1. The second kappa shape index (κ2) is 4.63. The summed E-state index contributed by atoms with van der Waals surface area (Å²) in [6.07, 6.45) is 2.70. The first-order chi connectivity index (χ1) is 10.8. The molecule has 2 aliphatic rings. The Labute approximate surface area is 133 Å². The zero-order valence-electron chi connectivity index (χ0n) is 12.8. The van der Waals surface area contributed by atoms with Crippen LogP contribution in [0.3, 0.4) is 0 Å². The van der Waals surface area contributed by atoms with Gasteiger partial charge in [0.05, 0.1) is 22.3 Å². The van der Waals surface area contributed by atoms with Crippen LogP contribution in [-0.2, 0) is 20.7 Å². The van der Waals surface area contributed by atoms with Gasteiger partial charge in [-0.1, -0.05) is 23.7 Å². The van der Waals surface area contributed by atoms with E-state index in [0.29, 0.717) is 11.7 Å². The lowest BCUT2D eigenvalue weighted by molar-refractivity contribution is 0.264. The molecule has 0 spiro atoms. The number of hydrogen-bond donors (Lipinski definition) is 0. The second-order valence-corrected chi connectivity index (χ2v) is 9.03. The van der Waals surface area contributed by atoms with Gasteiger partial charge >= 0.3 is 0 Å². The molecule has 0 radical (unpaired) electrons. The van der Waals surface area contributed by atoms with E-state index in [0.717, 1.165) is 24.8 Å². The molecule has 122 valence electrons. The fraction of sp³-hybridized carbons (Fsp3) is 0.500. The van der Waals surface area contributed by atoms with Crippen LogP contribution < -0.4 is 0 Å². The Balaban J connectivity index is 1.70. The van der Waals surface area contributed by atoms with Gasteiger partial charge in [0, 0.05) is 0 Å². The van der Waals surface area contributed by atoms with E-state index in [1.54, 1.807) is 6.07 Å². The molecule has 5 nitrogen and oxygen atoms in total. The van der Waals surface area contributed by atoms with Gasteiger partial charge in [-0.25, -0.2) is 12.8 Å². The summed E-state index contributed by atoms with van der Waals surface area (Å²) in [6, 6.07) is 6.50. The summed E-state index contributed by atoms with van der Waals surface area (Å²) in [4.78, 5) is 4.51. The maximum Gasteiger partial charge on any atom is 0.234 e. The average Bonchev–Trinajstić information content (AvgIpc) is 2.85. The summed E-state index contributed by atoms with van der Waals surface area (Å²) in [6.45, 7) is 1.82. The number of hydrogen-bond acceptors (Lipinski definition) is 5. The number of rotatable bonds is 3. The SMILES string of the molecule is CC1(c2nc(C3(c4cccc(F)c4)CCC3)no2)CS(=O)(=O)C1. The van der Waals surface area contributed by atoms with E-state index < -0.39 is 20.7 Å². The first-order valence-electron chi connectivity index (χ1n) is 7.64. The molecule has 1 saturated heterocycles. The standard InChI is InChI=1S/C16H17FN2O3S/c1-15(9-23(20,21)10-15)14-18-13(19-22-14)16(6-3-7-16)11-4-2-5-12(17)8-11/h2,4-5,8H,3,6-7,9-10H2,1H3. The van der Waals surface area contributed by atoms with Gasteiger partial charge in [0.2, 0.25) is 5.89 Å². The van der Waals surface area contributed by atoms with Crippen molar-refractivity contribution in [3.63, 3.8) is 0 Å². The van der Waals surface area contributed by atoms with Crippen molar-refractivity contribution in [2.75, 3.05) is 11.5 Å². The van der Waals surface area contributed by atoms with Crippen LogP contribution in [0.15, 0.2) is 28.8 Å². The lowest BCUT2D eigenvalue weighted by atomic mass is 9.64. The molecular weight excluding hydrogens is 319 g/mol. The Morgan fingerprint density at radius 1 is 1.26 bits per heavy atom. The number of halogens is 1. The Hall–Kier alpha value is -1.76. The van der Waals surface area contributed by atoms with Crippen LogP contribution >= 0.6 is 0 Å². The van der Waals surface area contributed by atoms with Gasteiger partial charge in [0.25, 0.3) is 0 Å². The maximum absolute atomic E-state index is 13.6. The molecule has 2 heterocycles. The van der Waals surface area contributed by atoms with Gasteiger partial charge in [0.15, 0.2) is 15.7 Å². The van der Waals surface area contributed by atoms with Crippen molar-refractivity contribution >= 4 is 9.84 Å². The molecule has 0 amide bonds. The van der Waals surface area contributed by atoms with Gasteiger partial charge in [0.1, 0.15) is 5.82 Å². The normalized spacial score (nSPS) is 23.7.